The topological polar surface area (TPSA) is 48.8 Å². The van der Waals surface area contributed by atoms with Gasteiger partial charge in [-0.15, -0.1) is 0 Å². The highest BCUT2D eigenvalue weighted by Crippen LogP contribution is 2.39. The molecule has 0 spiro atoms. The van der Waals surface area contributed by atoms with Crippen LogP contribution in [0.15, 0.2) is 235 Å². The van der Waals surface area contributed by atoms with Crippen LogP contribution in [0.4, 0.5) is 0 Å². The van der Waals surface area contributed by atoms with E-state index in [4.69, 9.17) is 14.4 Å². The summed E-state index contributed by atoms with van der Waals surface area (Å²) in [6.45, 7) is 0. The van der Waals surface area contributed by atoms with Crippen LogP contribution in [0.5, 0.6) is 0 Å². The monoisotopic (exact) mass is 830 g/mol. The predicted octanol–water partition coefficient (Wildman–Crippen LogP) is 15.8. The molecule has 5 nitrogen and oxygen atoms in total. The van der Waals surface area contributed by atoms with E-state index in [0.717, 1.165) is 89.4 Å². The minimum absolute atomic E-state index is 0.635. The van der Waals surface area contributed by atoms with E-state index in [1.54, 1.807) is 0 Å². The molecule has 0 aliphatic heterocycles. The normalized spacial score (nSPS) is 11.7. The van der Waals surface area contributed by atoms with Crippen molar-refractivity contribution in [1.82, 2.24) is 19.1 Å². The molecule has 0 aliphatic rings. The van der Waals surface area contributed by atoms with Crippen LogP contribution >= 0.6 is 0 Å². The van der Waals surface area contributed by atoms with Gasteiger partial charge in [-0.1, -0.05) is 170 Å². The van der Waals surface area contributed by atoms with Crippen LogP contribution in [0, 0.1) is 0 Å². The second-order valence-electron chi connectivity index (χ2n) is 16.6. The summed E-state index contributed by atoms with van der Waals surface area (Å²) >= 11 is 0. The van der Waals surface area contributed by atoms with Crippen LogP contribution < -0.4 is 0 Å². The third-order valence-corrected chi connectivity index (χ3v) is 12.7. The molecule has 0 saturated carbocycles. The summed E-state index contributed by atoms with van der Waals surface area (Å²) in [6.07, 6.45) is 0. The number of para-hydroxylation sites is 5. The Morgan fingerprint density at radius 3 is 1.23 bits per heavy atom. The Bertz CT molecular complexity index is 3660. The van der Waals surface area contributed by atoms with E-state index in [0.29, 0.717) is 5.82 Å². The minimum atomic E-state index is 0.635. The van der Waals surface area contributed by atoms with Gasteiger partial charge in [-0.3, -0.25) is 0 Å². The third kappa shape index (κ3) is 6.24. The van der Waals surface area contributed by atoms with Gasteiger partial charge in [0.25, 0.3) is 0 Å². The SMILES string of the molecule is c1ccc(-c2ccc(-c3cc(-c4ccc(-c5cc6ccccc6o5)cc4)nc(-c4cc(-n5c6ccccc6c6ccccc65)cc(-n5c6ccccc6c6ccccc65)c4)n3)cc2)cc1. The molecule has 0 N–H and O–H groups in total. The van der Waals surface area contributed by atoms with Crippen molar-refractivity contribution in [2.75, 3.05) is 0 Å². The van der Waals surface area contributed by atoms with Gasteiger partial charge in [-0.25, -0.2) is 9.97 Å². The lowest BCUT2D eigenvalue weighted by Gasteiger charge is -2.16. The largest absolute Gasteiger partial charge is 0.456 e. The van der Waals surface area contributed by atoms with Gasteiger partial charge >= 0.3 is 0 Å². The Hall–Kier alpha value is -8.80. The highest BCUT2D eigenvalue weighted by atomic mass is 16.3. The fourth-order valence-electron chi connectivity index (χ4n) is 9.65. The van der Waals surface area contributed by atoms with Crippen LogP contribution in [0.2, 0.25) is 0 Å². The Labute approximate surface area is 374 Å². The maximum atomic E-state index is 6.26. The van der Waals surface area contributed by atoms with Crippen LogP contribution in [0.3, 0.4) is 0 Å². The molecule has 5 heteroatoms. The van der Waals surface area contributed by atoms with E-state index < -0.39 is 0 Å². The molecule has 4 aromatic heterocycles. The standard InChI is InChI=1S/C60H38N4O/c1-2-14-39(15-3-1)40-26-28-41(29-27-40)52-38-53(42-30-32-43(33-31-42)59-36-44-16-4-13-25-58(44)65-59)62-60(61-52)45-34-46(63-54-21-9-5-17-48(54)49-18-6-10-22-55(49)63)37-47(35-45)64-56-23-11-7-19-50(56)51-20-8-12-24-57(51)64/h1-38H. The Kier molecular flexibility index (Phi) is 8.46. The highest BCUT2D eigenvalue weighted by Gasteiger charge is 2.19. The van der Waals surface area contributed by atoms with E-state index in [1.807, 2.05) is 24.3 Å². The van der Waals surface area contributed by atoms with Crippen molar-refractivity contribution in [3.05, 3.63) is 231 Å². The van der Waals surface area contributed by atoms with Crippen molar-refractivity contribution in [2.45, 2.75) is 0 Å². The van der Waals surface area contributed by atoms with Gasteiger partial charge in [0.2, 0.25) is 0 Å². The number of fused-ring (bicyclic) bond motifs is 7. The Morgan fingerprint density at radius 2 is 0.723 bits per heavy atom. The smallest absolute Gasteiger partial charge is 0.160 e. The maximum Gasteiger partial charge on any atom is 0.160 e. The second kappa shape index (κ2) is 14.9. The van der Waals surface area contributed by atoms with Crippen molar-refractivity contribution in [1.29, 1.82) is 0 Å². The Balaban J connectivity index is 1.04. The fraction of sp³-hybridized carbons (Fsp3) is 0. The van der Waals surface area contributed by atoms with E-state index in [9.17, 15) is 0 Å². The Morgan fingerprint density at radius 1 is 0.308 bits per heavy atom. The summed E-state index contributed by atoms with van der Waals surface area (Å²) in [5.41, 5.74) is 15.4. The summed E-state index contributed by atoms with van der Waals surface area (Å²) < 4.78 is 11.0. The molecule has 13 rings (SSSR count). The van der Waals surface area contributed by atoms with E-state index >= 15 is 0 Å². The molecule has 0 amide bonds. The van der Waals surface area contributed by atoms with Crippen LogP contribution in [-0.2, 0) is 0 Å². The van der Waals surface area contributed by atoms with E-state index in [2.05, 4.69) is 215 Å². The number of benzene rings is 9. The molecular formula is C60H38N4O. The van der Waals surface area contributed by atoms with Crippen LogP contribution in [-0.4, -0.2) is 19.1 Å². The molecular weight excluding hydrogens is 793 g/mol. The first-order valence-corrected chi connectivity index (χ1v) is 22.0. The molecule has 4 heterocycles. The lowest BCUT2D eigenvalue weighted by Crippen LogP contribution is -2.02. The molecule has 0 aliphatic carbocycles. The van der Waals surface area contributed by atoms with Gasteiger partial charge in [0.15, 0.2) is 5.82 Å². The van der Waals surface area contributed by atoms with Gasteiger partial charge in [0, 0.05) is 60.6 Å². The van der Waals surface area contributed by atoms with Crippen molar-refractivity contribution >= 4 is 54.6 Å². The molecule has 0 saturated heterocycles. The maximum absolute atomic E-state index is 6.26. The van der Waals surface area contributed by atoms with Gasteiger partial charge < -0.3 is 13.6 Å². The van der Waals surface area contributed by atoms with Crippen molar-refractivity contribution < 1.29 is 4.42 Å². The minimum Gasteiger partial charge on any atom is -0.456 e. The van der Waals surface area contributed by atoms with Gasteiger partial charge in [-0.05, 0) is 71.8 Å². The zero-order valence-electron chi connectivity index (χ0n) is 35.1. The zero-order chi connectivity index (χ0) is 42.8. The summed E-state index contributed by atoms with van der Waals surface area (Å²) in [5, 5.41) is 5.91. The zero-order valence-corrected chi connectivity index (χ0v) is 35.1. The first-order valence-electron chi connectivity index (χ1n) is 22.0. The van der Waals surface area contributed by atoms with Crippen LogP contribution in [0.1, 0.15) is 0 Å². The summed E-state index contributed by atoms with van der Waals surface area (Å²) in [4.78, 5) is 10.9. The van der Waals surface area contributed by atoms with E-state index in [1.165, 1.54) is 27.1 Å². The molecule has 0 unspecified atom stereocenters. The molecule has 0 fully saturated rings. The first-order chi connectivity index (χ1) is 32.2. The lowest BCUT2D eigenvalue weighted by molar-refractivity contribution is 0.631. The van der Waals surface area contributed by atoms with Crippen molar-refractivity contribution in [3.8, 4) is 67.7 Å². The molecule has 0 radical (unpaired) electrons. The number of rotatable bonds is 7. The molecule has 0 bridgehead atoms. The van der Waals surface area contributed by atoms with Crippen LogP contribution in [0.25, 0.3) is 122 Å². The number of furan rings is 1. The average molecular weight is 831 g/mol. The molecule has 304 valence electrons. The first kappa shape index (κ1) is 36.8. The quantitative estimate of drug-likeness (QED) is 0.161. The van der Waals surface area contributed by atoms with Crippen molar-refractivity contribution in [2.24, 2.45) is 0 Å². The van der Waals surface area contributed by atoms with Gasteiger partial charge in [0.05, 0.1) is 33.5 Å². The third-order valence-electron chi connectivity index (χ3n) is 12.7. The molecule has 13 aromatic rings. The number of aromatic nitrogens is 4. The number of nitrogens with zero attached hydrogens (tertiary/aromatic N) is 4. The second-order valence-corrected chi connectivity index (χ2v) is 16.6. The van der Waals surface area contributed by atoms with E-state index in [-0.39, 0.29) is 0 Å². The molecule has 0 atom stereocenters. The molecule has 65 heavy (non-hydrogen) atoms. The number of hydrogen-bond donors (Lipinski definition) is 0. The summed E-state index contributed by atoms with van der Waals surface area (Å²) in [5.74, 6) is 1.47. The lowest BCUT2D eigenvalue weighted by atomic mass is 10.0. The van der Waals surface area contributed by atoms with Gasteiger partial charge in [0.1, 0.15) is 11.3 Å². The summed E-state index contributed by atoms with van der Waals surface area (Å²) in [7, 11) is 0. The summed E-state index contributed by atoms with van der Waals surface area (Å²) in [6, 6.07) is 81.5. The van der Waals surface area contributed by atoms with Crippen molar-refractivity contribution in [3.63, 3.8) is 0 Å². The fourth-order valence-corrected chi connectivity index (χ4v) is 9.65. The highest BCUT2D eigenvalue weighted by molar-refractivity contribution is 6.10. The predicted molar refractivity (Wildman–Crippen MR) is 268 cm³/mol. The van der Waals surface area contributed by atoms with Gasteiger partial charge in [-0.2, -0.15) is 0 Å². The molecule has 9 aromatic carbocycles. The average Bonchev–Trinajstić information content (AvgIpc) is 4.07. The number of hydrogen-bond acceptors (Lipinski definition) is 3.